The average molecular weight is 286 g/mol. The van der Waals surface area contributed by atoms with Gasteiger partial charge in [0.25, 0.3) is 0 Å². The van der Waals surface area contributed by atoms with Crippen LogP contribution < -0.4 is 5.32 Å². The molecule has 0 aliphatic carbocycles. The minimum Gasteiger partial charge on any atom is -0.315 e. The Bertz CT molecular complexity index is 266. The number of hydrogen-bond acceptors (Lipinski definition) is 2. The van der Waals surface area contributed by atoms with Crippen molar-refractivity contribution >= 4 is 40.7 Å². The molecule has 5 heteroatoms. The summed E-state index contributed by atoms with van der Waals surface area (Å²) in [6.07, 6.45) is 1.81. The Balaban J connectivity index is 0.000000720. The maximum atomic E-state index is 4.17. The molecule has 0 atom stereocenters. The molecule has 0 spiro atoms. The molecule has 2 nitrogen and oxygen atoms in total. The summed E-state index contributed by atoms with van der Waals surface area (Å²) in [7, 11) is 0. The summed E-state index contributed by atoms with van der Waals surface area (Å²) in [4.78, 5) is 4.17. The van der Waals surface area contributed by atoms with Crippen LogP contribution in [0.3, 0.4) is 0 Å². The highest BCUT2D eigenvalue weighted by molar-refractivity contribution is 9.10. The van der Waals surface area contributed by atoms with Crippen molar-refractivity contribution in [2.45, 2.75) is 5.92 Å². The van der Waals surface area contributed by atoms with Crippen LogP contribution in [0.4, 0.5) is 0 Å². The number of nitrogens with one attached hydrogen (secondary N) is 1. The SMILES string of the molecule is Brc1ncccc1C1CNC1.Cl.Cl. The van der Waals surface area contributed by atoms with E-state index in [1.807, 2.05) is 6.07 Å². The summed E-state index contributed by atoms with van der Waals surface area (Å²) in [5.74, 6) is 0.665. The molecular weight excluding hydrogens is 275 g/mol. The zero-order valence-electron chi connectivity index (χ0n) is 6.87. The Morgan fingerprint density at radius 1 is 1.38 bits per heavy atom. The lowest BCUT2D eigenvalue weighted by molar-refractivity contribution is 0.446. The van der Waals surface area contributed by atoms with Crippen LogP contribution in [0, 0.1) is 0 Å². The first-order valence-corrected chi connectivity index (χ1v) is 4.48. The molecule has 2 rings (SSSR count). The van der Waals surface area contributed by atoms with Crippen LogP contribution in [0.1, 0.15) is 11.5 Å². The van der Waals surface area contributed by atoms with Crippen molar-refractivity contribution < 1.29 is 0 Å². The molecule has 0 aromatic carbocycles. The van der Waals surface area contributed by atoms with Crippen molar-refractivity contribution in [3.8, 4) is 0 Å². The van der Waals surface area contributed by atoms with Gasteiger partial charge in [-0.05, 0) is 27.6 Å². The number of halogens is 3. The van der Waals surface area contributed by atoms with E-state index in [4.69, 9.17) is 0 Å². The molecule has 1 aromatic heterocycles. The molecule has 1 saturated heterocycles. The number of aromatic nitrogens is 1. The highest BCUT2D eigenvalue weighted by atomic mass is 79.9. The smallest absolute Gasteiger partial charge is 0.109 e. The number of pyridine rings is 1. The van der Waals surface area contributed by atoms with Gasteiger partial charge in [-0.3, -0.25) is 0 Å². The highest BCUT2D eigenvalue weighted by Gasteiger charge is 2.20. The maximum Gasteiger partial charge on any atom is 0.109 e. The molecule has 1 N–H and O–H groups in total. The predicted molar refractivity (Wildman–Crippen MR) is 62.0 cm³/mol. The van der Waals surface area contributed by atoms with Gasteiger partial charge < -0.3 is 5.32 Å². The predicted octanol–water partition coefficient (Wildman–Crippen LogP) is 2.37. The number of nitrogens with zero attached hydrogens (tertiary/aromatic N) is 1. The largest absolute Gasteiger partial charge is 0.315 e. The standard InChI is InChI=1S/C8H9BrN2.2ClH/c9-8-7(2-1-3-11-8)6-4-10-5-6;;/h1-3,6,10H,4-5H2;2*1H. The van der Waals surface area contributed by atoms with Gasteiger partial charge in [-0.2, -0.15) is 0 Å². The second-order valence-electron chi connectivity index (χ2n) is 2.74. The summed E-state index contributed by atoms with van der Waals surface area (Å²) in [6, 6.07) is 4.11. The van der Waals surface area contributed by atoms with Gasteiger partial charge >= 0.3 is 0 Å². The third kappa shape index (κ3) is 2.81. The van der Waals surface area contributed by atoms with E-state index < -0.39 is 0 Å². The van der Waals surface area contributed by atoms with Crippen molar-refractivity contribution in [3.63, 3.8) is 0 Å². The van der Waals surface area contributed by atoms with Crippen LogP contribution in [-0.2, 0) is 0 Å². The van der Waals surface area contributed by atoms with Crippen LogP contribution >= 0.6 is 40.7 Å². The van der Waals surface area contributed by atoms with E-state index in [2.05, 4.69) is 32.3 Å². The molecule has 1 aliphatic rings. The van der Waals surface area contributed by atoms with Crippen molar-refractivity contribution in [1.29, 1.82) is 0 Å². The van der Waals surface area contributed by atoms with Crippen molar-refractivity contribution in [2.24, 2.45) is 0 Å². The minimum absolute atomic E-state index is 0. The molecule has 74 valence electrons. The second kappa shape index (κ2) is 5.81. The number of hydrogen-bond donors (Lipinski definition) is 1. The molecule has 1 aliphatic heterocycles. The summed E-state index contributed by atoms with van der Waals surface area (Å²) in [5, 5.41) is 3.24. The lowest BCUT2D eigenvalue weighted by atomic mass is 9.95. The van der Waals surface area contributed by atoms with Crippen molar-refractivity contribution in [2.75, 3.05) is 13.1 Å². The van der Waals surface area contributed by atoms with E-state index in [1.165, 1.54) is 5.56 Å². The van der Waals surface area contributed by atoms with E-state index in [-0.39, 0.29) is 24.8 Å². The first kappa shape index (κ1) is 13.2. The molecule has 0 saturated carbocycles. The zero-order chi connectivity index (χ0) is 7.68. The zero-order valence-corrected chi connectivity index (χ0v) is 10.1. The van der Waals surface area contributed by atoms with Crippen LogP contribution in [0.5, 0.6) is 0 Å². The Kier molecular flexibility index (Phi) is 5.88. The Hall–Kier alpha value is 0.170. The topological polar surface area (TPSA) is 24.9 Å². The van der Waals surface area contributed by atoms with Gasteiger partial charge in [0.15, 0.2) is 0 Å². The normalized spacial score (nSPS) is 15.2. The van der Waals surface area contributed by atoms with Gasteiger partial charge in [-0.25, -0.2) is 4.98 Å². The molecule has 1 aromatic rings. The molecule has 2 heterocycles. The van der Waals surface area contributed by atoms with Crippen LogP contribution in [-0.4, -0.2) is 18.1 Å². The Morgan fingerprint density at radius 2 is 2.08 bits per heavy atom. The first-order valence-electron chi connectivity index (χ1n) is 3.69. The molecular formula is C8H11BrCl2N2. The fourth-order valence-corrected chi connectivity index (χ4v) is 1.79. The highest BCUT2D eigenvalue weighted by Crippen LogP contribution is 2.25. The van der Waals surface area contributed by atoms with Gasteiger partial charge in [0.2, 0.25) is 0 Å². The van der Waals surface area contributed by atoms with Crippen molar-refractivity contribution in [3.05, 3.63) is 28.5 Å². The van der Waals surface area contributed by atoms with Crippen molar-refractivity contribution in [1.82, 2.24) is 10.3 Å². The van der Waals surface area contributed by atoms with Gasteiger partial charge in [0, 0.05) is 25.2 Å². The van der Waals surface area contributed by atoms with Gasteiger partial charge in [-0.15, -0.1) is 24.8 Å². The molecule has 0 unspecified atom stereocenters. The third-order valence-corrected chi connectivity index (χ3v) is 2.67. The van der Waals surface area contributed by atoms with Crippen LogP contribution in [0.2, 0.25) is 0 Å². The Morgan fingerprint density at radius 3 is 2.54 bits per heavy atom. The summed E-state index contributed by atoms with van der Waals surface area (Å²) < 4.78 is 0.992. The quantitative estimate of drug-likeness (QED) is 0.802. The van der Waals surface area contributed by atoms with Gasteiger partial charge in [0.1, 0.15) is 4.60 Å². The molecule has 0 amide bonds. The van der Waals surface area contributed by atoms with Crippen LogP contribution in [0.15, 0.2) is 22.9 Å². The fraction of sp³-hybridized carbons (Fsp3) is 0.375. The lowest BCUT2D eigenvalue weighted by Crippen LogP contribution is -2.40. The fourth-order valence-electron chi connectivity index (χ4n) is 1.21. The lowest BCUT2D eigenvalue weighted by Gasteiger charge is -2.27. The molecule has 13 heavy (non-hydrogen) atoms. The van der Waals surface area contributed by atoms with E-state index in [0.717, 1.165) is 17.7 Å². The average Bonchev–Trinajstić information content (AvgIpc) is 1.90. The van der Waals surface area contributed by atoms with E-state index in [1.54, 1.807) is 6.20 Å². The van der Waals surface area contributed by atoms with Gasteiger partial charge in [-0.1, -0.05) is 6.07 Å². The summed E-state index contributed by atoms with van der Waals surface area (Å²) in [5.41, 5.74) is 1.33. The third-order valence-electron chi connectivity index (χ3n) is 2.01. The summed E-state index contributed by atoms with van der Waals surface area (Å²) >= 11 is 3.43. The van der Waals surface area contributed by atoms with E-state index in [9.17, 15) is 0 Å². The first-order chi connectivity index (χ1) is 5.38. The Labute approximate surface area is 98.5 Å². The summed E-state index contributed by atoms with van der Waals surface area (Å²) in [6.45, 7) is 2.18. The molecule has 1 fully saturated rings. The van der Waals surface area contributed by atoms with Crippen LogP contribution in [0.25, 0.3) is 0 Å². The van der Waals surface area contributed by atoms with E-state index >= 15 is 0 Å². The minimum atomic E-state index is 0. The molecule has 0 radical (unpaired) electrons. The maximum absolute atomic E-state index is 4.17. The molecule has 0 bridgehead atoms. The second-order valence-corrected chi connectivity index (χ2v) is 3.49. The monoisotopic (exact) mass is 284 g/mol. The van der Waals surface area contributed by atoms with E-state index in [0.29, 0.717) is 5.92 Å². The number of rotatable bonds is 1. The van der Waals surface area contributed by atoms with Gasteiger partial charge in [0.05, 0.1) is 0 Å².